The van der Waals surface area contributed by atoms with Gasteiger partial charge in [0.25, 0.3) is 5.91 Å². The van der Waals surface area contributed by atoms with E-state index in [2.05, 4.69) is 20.6 Å². The summed E-state index contributed by atoms with van der Waals surface area (Å²) in [6.07, 6.45) is -4.45. The second kappa shape index (κ2) is 9.15. The zero-order valence-corrected chi connectivity index (χ0v) is 17.3. The lowest BCUT2D eigenvalue weighted by Crippen LogP contribution is -2.28. The highest BCUT2D eigenvalue weighted by Crippen LogP contribution is 2.29. The number of methoxy groups -OCH3 is 1. The van der Waals surface area contributed by atoms with Gasteiger partial charge in [-0.2, -0.15) is 17.7 Å². The maximum absolute atomic E-state index is 12.6. The zero-order chi connectivity index (χ0) is 23.4. The van der Waals surface area contributed by atoms with E-state index in [1.54, 1.807) is 25.3 Å². The molecule has 2 heterocycles. The summed E-state index contributed by atoms with van der Waals surface area (Å²) in [5.41, 5.74) is 0.527. The highest BCUT2D eigenvalue weighted by Gasteiger charge is 2.30. The molecule has 0 atom stereocenters. The van der Waals surface area contributed by atoms with E-state index in [0.717, 1.165) is 24.3 Å². The number of halogens is 3. The minimum atomic E-state index is -4.45. The molecule has 33 heavy (non-hydrogen) atoms. The molecule has 2 aromatic heterocycles. The number of nitrogens with zero attached hydrogens (tertiary/aromatic N) is 4. The molecule has 11 heteroatoms. The van der Waals surface area contributed by atoms with Crippen molar-refractivity contribution in [1.29, 1.82) is 0 Å². The van der Waals surface area contributed by atoms with Crippen molar-refractivity contribution in [2.75, 3.05) is 20.3 Å². The lowest BCUT2D eigenvalue weighted by atomic mass is 10.1. The van der Waals surface area contributed by atoms with Crippen LogP contribution in [0.4, 0.5) is 13.2 Å². The molecule has 0 radical (unpaired) electrons. The summed E-state index contributed by atoms with van der Waals surface area (Å²) in [5.74, 6) is 0.865. The van der Waals surface area contributed by atoms with Crippen molar-refractivity contribution >= 4 is 11.6 Å². The van der Waals surface area contributed by atoms with Gasteiger partial charge in [-0.05, 0) is 42.5 Å². The highest BCUT2D eigenvalue weighted by molar-refractivity contribution is 5.94. The summed E-state index contributed by atoms with van der Waals surface area (Å²) in [6.45, 7) is 0.220. The fourth-order valence-corrected chi connectivity index (χ4v) is 3.08. The molecule has 1 N–H and O–H groups in total. The number of nitrogens with one attached hydrogen (secondary N) is 1. The number of amides is 1. The molecular formula is C22H18F3N5O3. The summed E-state index contributed by atoms with van der Waals surface area (Å²) >= 11 is 0. The van der Waals surface area contributed by atoms with Crippen LogP contribution in [0.15, 0.2) is 60.7 Å². The monoisotopic (exact) mass is 457 g/mol. The topological polar surface area (TPSA) is 90.6 Å². The number of rotatable bonds is 7. The molecule has 0 bridgehead atoms. The van der Waals surface area contributed by atoms with Gasteiger partial charge in [-0.3, -0.25) is 4.79 Å². The molecule has 2 aromatic carbocycles. The molecule has 0 spiro atoms. The van der Waals surface area contributed by atoms with Gasteiger partial charge in [0.05, 0.1) is 24.8 Å². The third-order valence-corrected chi connectivity index (χ3v) is 4.70. The van der Waals surface area contributed by atoms with Gasteiger partial charge in [0.15, 0.2) is 11.5 Å². The molecule has 0 aliphatic heterocycles. The molecule has 0 saturated carbocycles. The number of benzene rings is 2. The van der Waals surface area contributed by atoms with E-state index < -0.39 is 17.6 Å². The number of ether oxygens (including phenoxy) is 2. The molecule has 0 fully saturated rings. The molecule has 1 amide bonds. The number of para-hydroxylation sites is 1. The zero-order valence-electron chi connectivity index (χ0n) is 17.3. The van der Waals surface area contributed by atoms with Gasteiger partial charge in [0, 0.05) is 11.6 Å². The first-order valence-corrected chi connectivity index (χ1v) is 9.81. The molecular weight excluding hydrogens is 439 g/mol. The first kappa shape index (κ1) is 22.1. The SMILES string of the molecule is COc1ccccc1-c1nnc2ccc(OCCNC(=O)c3ccc(C(F)(F)F)cc3)nn12. The molecule has 8 nitrogen and oxygen atoms in total. The first-order chi connectivity index (χ1) is 15.9. The molecule has 0 unspecified atom stereocenters. The maximum Gasteiger partial charge on any atom is 0.416 e. The number of hydrogen-bond acceptors (Lipinski definition) is 6. The highest BCUT2D eigenvalue weighted by atomic mass is 19.4. The predicted molar refractivity (Wildman–Crippen MR) is 112 cm³/mol. The van der Waals surface area contributed by atoms with Gasteiger partial charge in [0.2, 0.25) is 5.88 Å². The van der Waals surface area contributed by atoms with Crippen LogP contribution in [-0.2, 0) is 6.18 Å². The normalized spacial score (nSPS) is 11.4. The minimum Gasteiger partial charge on any atom is -0.496 e. The van der Waals surface area contributed by atoms with Gasteiger partial charge in [0.1, 0.15) is 12.4 Å². The van der Waals surface area contributed by atoms with Crippen molar-refractivity contribution < 1.29 is 27.4 Å². The Kier molecular flexibility index (Phi) is 6.11. The number of hydrogen-bond donors (Lipinski definition) is 1. The van der Waals surface area contributed by atoms with Crippen molar-refractivity contribution in [2.45, 2.75) is 6.18 Å². The van der Waals surface area contributed by atoms with E-state index in [9.17, 15) is 18.0 Å². The van der Waals surface area contributed by atoms with Crippen LogP contribution in [0, 0.1) is 0 Å². The van der Waals surface area contributed by atoms with Crippen LogP contribution in [-0.4, -0.2) is 46.0 Å². The Morgan fingerprint density at radius 1 is 1.03 bits per heavy atom. The number of fused-ring (bicyclic) bond motifs is 1. The fraction of sp³-hybridized carbons (Fsp3) is 0.182. The van der Waals surface area contributed by atoms with Crippen LogP contribution in [0.5, 0.6) is 11.6 Å². The van der Waals surface area contributed by atoms with E-state index in [4.69, 9.17) is 9.47 Å². The minimum absolute atomic E-state index is 0.0942. The Labute approximate surface area is 186 Å². The Bertz CT molecular complexity index is 1270. The van der Waals surface area contributed by atoms with E-state index in [-0.39, 0.29) is 24.6 Å². The van der Waals surface area contributed by atoms with Crippen molar-refractivity contribution in [1.82, 2.24) is 25.1 Å². The van der Waals surface area contributed by atoms with Crippen LogP contribution in [0.2, 0.25) is 0 Å². The summed E-state index contributed by atoms with van der Waals surface area (Å²) < 4.78 is 50.4. The van der Waals surface area contributed by atoms with E-state index in [1.165, 1.54) is 4.52 Å². The van der Waals surface area contributed by atoms with Crippen molar-refractivity contribution in [3.8, 4) is 23.0 Å². The van der Waals surface area contributed by atoms with Crippen LogP contribution in [0.1, 0.15) is 15.9 Å². The third kappa shape index (κ3) is 4.86. The molecule has 0 aliphatic rings. The van der Waals surface area contributed by atoms with Crippen LogP contribution in [0.25, 0.3) is 17.0 Å². The summed E-state index contributed by atoms with van der Waals surface area (Å²) in [4.78, 5) is 12.1. The summed E-state index contributed by atoms with van der Waals surface area (Å²) in [7, 11) is 1.56. The fourth-order valence-electron chi connectivity index (χ4n) is 3.08. The standard InChI is InChI=1S/C22H18F3N5O3/c1-32-17-5-3-2-4-16(17)20-28-27-18-10-11-19(29-30(18)20)33-13-12-26-21(31)14-6-8-15(9-7-14)22(23,24)25/h2-11H,12-13H2,1H3,(H,26,31). The van der Waals surface area contributed by atoms with E-state index in [0.29, 0.717) is 22.8 Å². The number of carbonyl (C=O) groups is 1. The molecule has 0 aliphatic carbocycles. The number of alkyl halides is 3. The van der Waals surface area contributed by atoms with Gasteiger partial charge in [-0.25, -0.2) is 0 Å². The molecule has 4 rings (SSSR count). The van der Waals surface area contributed by atoms with Gasteiger partial charge < -0.3 is 14.8 Å². The smallest absolute Gasteiger partial charge is 0.416 e. The Morgan fingerprint density at radius 2 is 1.79 bits per heavy atom. The average Bonchev–Trinajstić information content (AvgIpc) is 3.24. The van der Waals surface area contributed by atoms with Crippen molar-refractivity contribution in [3.63, 3.8) is 0 Å². The second-order valence-corrected chi connectivity index (χ2v) is 6.84. The van der Waals surface area contributed by atoms with Crippen LogP contribution < -0.4 is 14.8 Å². The summed E-state index contributed by atoms with van der Waals surface area (Å²) in [5, 5.41) is 15.3. The predicted octanol–water partition coefficient (Wildman–Crippen LogP) is 3.63. The quantitative estimate of drug-likeness (QED) is 0.427. The molecule has 4 aromatic rings. The number of aromatic nitrogens is 4. The van der Waals surface area contributed by atoms with E-state index in [1.807, 2.05) is 18.2 Å². The summed E-state index contributed by atoms with van der Waals surface area (Å²) in [6, 6.07) is 14.6. The second-order valence-electron chi connectivity index (χ2n) is 6.84. The maximum atomic E-state index is 12.6. The van der Waals surface area contributed by atoms with Gasteiger partial charge >= 0.3 is 6.18 Å². The Balaban J connectivity index is 1.38. The van der Waals surface area contributed by atoms with Crippen molar-refractivity contribution in [2.24, 2.45) is 0 Å². The average molecular weight is 457 g/mol. The van der Waals surface area contributed by atoms with E-state index >= 15 is 0 Å². The molecule has 170 valence electrons. The largest absolute Gasteiger partial charge is 0.496 e. The van der Waals surface area contributed by atoms with Gasteiger partial charge in [-0.15, -0.1) is 15.3 Å². The first-order valence-electron chi connectivity index (χ1n) is 9.81. The Hall–Kier alpha value is -4.15. The number of carbonyl (C=O) groups excluding carboxylic acids is 1. The molecule has 0 saturated heterocycles. The van der Waals surface area contributed by atoms with Crippen LogP contribution in [0.3, 0.4) is 0 Å². The van der Waals surface area contributed by atoms with Gasteiger partial charge in [-0.1, -0.05) is 12.1 Å². The van der Waals surface area contributed by atoms with Crippen molar-refractivity contribution in [3.05, 3.63) is 71.8 Å². The third-order valence-electron chi connectivity index (χ3n) is 4.70. The lowest BCUT2D eigenvalue weighted by Gasteiger charge is -2.09. The van der Waals surface area contributed by atoms with Crippen LogP contribution >= 0.6 is 0 Å². The Morgan fingerprint density at radius 3 is 2.52 bits per heavy atom. The lowest BCUT2D eigenvalue weighted by molar-refractivity contribution is -0.137.